The molecule has 184 valence electrons. The molecule has 1 unspecified atom stereocenters. The van der Waals surface area contributed by atoms with Crippen molar-refractivity contribution in [2.45, 2.75) is 82.2 Å². The monoisotopic (exact) mass is 492 g/mol. The second kappa shape index (κ2) is 12.3. The van der Waals surface area contributed by atoms with E-state index in [2.05, 4.69) is 29.0 Å². The molecule has 8 heteroatoms. The lowest BCUT2D eigenvalue weighted by atomic mass is 9.95. The summed E-state index contributed by atoms with van der Waals surface area (Å²) in [5.41, 5.74) is 8.31. The molecule has 1 atom stereocenters. The van der Waals surface area contributed by atoms with Gasteiger partial charge in [0.25, 0.3) is 0 Å². The zero-order valence-corrected chi connectivity index (χ0v) is 22.0. The highest BCUT2D eigenvalue weighted by Gasteiger charge is 2.27. The summed E-state index contributed by atoms with van der Waals surface area (Å²) in [5, 5.41) is 4.23. The average molecular weight is 493 g/mol. The number of aromatic nitrogens is 1. The minimum Gasteiger partial charge on any atom is -0.375 e. The fourth-order valence-corrected chi connectivity index (χ4v) is 6.26. The molecule has 1 aliphatic rings. The first-order valence-corrected chi connectivity index (χ1v) is 14.9. The largest absolute Gasteiger partial charge is 0.375 e. The topological polar surface area (TPSA) is 88.3 Å². The van der Waals surface area contributed by atoms with Gasteiger partial charge in [-0.1, -0.05) is 25.0 Å². The SMILES string of the molecule is CC(C)N(CCCCCCNCCc1ccc(S(C)(=O)=O)cc1)C1CCc2nc(N)sc2C1. The average Bonchev–Trinajstić information content (AvgIpc) is 3.13. The molecular weight excluding hydrogens is 452 g/mol. The van der Waals surface area contributed by atoms with E-state index in [4.69, 9.17) is 5.73 Å². The van der Waals surface area contributed by atoms with E-state index in [1.54, 1.807) is 23.5 Å². The summed E-state index contributed by atoms with van der Waals surface area (Å²) >= 11 is 1.67. The van der Waals surface area contributed by atoms with Crippen molar-refractivity contribution in [2.75, 3.05) is 31.6 Å². The summed E-state index contributed by atoms with van der Waals surface area (Å²) in [6.45, 7) is 7.76. The van der Waals surface area contributed by atoms with Crippen LogP contribution in [0.5, 0.6) is 0 Å². The Hall–Kier alpha value is -1.48. The summed E-state index contributed by atoms with van der Waals surface area (Å²) in [6, 6.07) is 8.40. The van der Waals surface area contributed by atoms with Crippen LogP contribution in [0.15, 0.2) is 29.2 Å². The molecule has 1 aromatic carbocycles. The molecule has 6 nitrogen and oxygen atoms in total. The zero-order chi connectivity index (χ0) is 23.8. The number of hydrogen-bond donors (Lipinski definition) is 2. The molecule has 3 N–H and O–H groups in total. The standard InChI is InChI=1S/C25H40N4O2S2/c1-19(2)29(21-10-13-23-24(18-21)32-25(26)28-23)17-7-5-4-6-15-27-16-14-20-8-11-22(12-9-20)33(3,30)31/h8-9,11-12,19,21,27H,4-7,10,13-18H2,1-3H3,(H2,26,28). The summed E-state index contributed by atoms with van der Waals surface area (Å²) in [4.78, 5) is 8.95. The number of unbranched alkanes of at least 4 members (excludes halogenated alkanes) is 3. The van der Waals surface area contributed by atoms with Crippen LogP contribution in [0.4, 0.5) is 5.13 Å². The van der Waals surface area contributed by atoms with Gasteiger partial charge < -0.3 is 11.1 Å². The number of nitrogen functional groups attached to an aromatic ring is 1. The van der Waals surface area contributed by atoms with E-state index in [0.29, 0.717) is 17.0 Å². The number of fused-ring (bicyclic) bond motifs is 1. The van der Waals surface area contributed by atoms with E-state index >= 15 is 0 Å². The molecule has 33 heavy (non-hydrogen) atoms. The highest BCUT2D eigenvalue weighted by atomic mass is 32.2. The Kier molecular flexibility index (Phi) is 9.73. The second-order valence-electron chi connectivity index (χ2n) is 9.48. The van der Waals surface area contributed by atoms with Crippen LogP contribution in [0.25, 0.3) is 0 Å². The Bertz CT molecular complexity index is 971. The smallest absolute Gasteiger partial charge is 0.180 e. The Labute approximate surface area is 203 Å². The first-order chi connectivity index (χ1) is 15.7. The quantitative estimate of drug-likeness (QED) is 0.410. The number of benzene rings is 1. The van der Waals surface area contributed by atoms with Crippen molar-refractivity contribution in [1.29, 1.82) is 0 Å². The van der Waals surface area contributed by atoms with Crippen LogP contribution < -0.4 is 11.1 Å². The highest BCUT2D eigenvalue weighted by Crippen LogP contribution is 2.31. The number of nitrogens with zero attached hydrogens (tertiary/aromatic N) is 2. The van der Waals surface area contributed by atoms with Crippen molar-refractivity contribution in [3.8, 4) is 0 Å². The van der Waals surface area contributed by atoms with Gasteiger partial charge in [0.05, 0.1) is 10.6 Å². The van der Waals surface area contributed by atoms with Crippen LogP contribution in [0, 0.1) is 0 Å². The van der Waals surface area contributed by atoms with Gasteiger partial charge in [0.1, 0.15) is 0 Å². The molecule has 1 aliphatic carbocycles. The zero-order valence-electron chi connectivity index (χ0n) is 20.3. The molecule has 0 spiro atoms. The molecule has 1 heterocycles. The minimum absolute atomic E-state index is 0.386. The van der Waals surface area contributed by atoms with Gasteiger partial charge in [0, 0.05) is 23.2 Å². The molecular formula is C25H40N4O2S2. The van der Waals surface area contributed by atoms with E-state index in [-0.39, 0.29) is 0 Å². The maximum Gasteiger partial charge on any atom is 0.180 e. The Morgan fingerprint density at radius 3 is 2.58 bits per heavy atom. The van der Waals surface area contributed by atoms with Gasteiger partial charge in [-0.2, -0.15) is 0 Å². The lowest BCUT2D eigenvalue weighted by molar-refractivity contribution is 0.137. The molecule has 0 amide bonds. The molecule has 2 aromatic rings. The first-order valence-electron chi connectivity index (χ1n) is 12.2. The second-order valence-corrected chi connectivity index (χ2v) is 12.6. The lowest BCUT2D eigenvalue weighted by Crippen LogP contribution is -2.43. The van der Waals surface area contributed by atoms with Crippen LogP contribution in [-0.4, -0.2) is 56.3 Å². The van der Waals surface area contributed by atoms with Gasteiger partial charge >= 0.3 is 0 Å². The number of nitrogens with one attached hydrogen (secondary N) is 1. The number of hydrogen-bond acceptors (Lipinski definition) is 7. The van der Waals surface area contributed by atoms with Crippen LogP contribution in [-0.2, 0) is 29.1 Å². The Morgan fingerprint density at radius 2 is 1.88 bits per heavy atom. The fourth-order valence-electron chi connectivity index (χ4n) is 4.68. The van der Waals surface area contributed by atoms with E-state index in [0.717, 1.165) is 37.5 Å². The van der Waals surface area contributed by atoms with Gasteiger partial charge in [-0.25, -0.2) is 13.4 Å². The summed E-state index contributed by atoms with van der Waals surface area (Å²) in [5.74, 6) is 0. The third-order valence-electron chi connectivity index (χ3n) is 6.52. The van der Waals surface area contributed by atoms with Crippen molar-refractivity contribution in [1.82, 2.24) is 15.2 Å². The lowest BCUT2D eigenvalue weighted by Gasteiger charge is -2.37. The number of nitrogens with two attached hydrogens (primary N) is 1. The highest BCUT2D eigenvalue weighted by molar-refractivity contribution is 7.90. The normalized spacial score (nSPS) is 16.5. The predicted octanol–water partition coefficient (Wildman–Crippen LogP) is 4.09. The minimum atomic E-state index is -3.11. The van der Waals surface area contributed by atoms with Crippen LogP contribution in [0.2, 0.25) is 0 Å². The molecule has 0 saturated carbocycles. The number of anilines is 1. The van der Waals surface area contributed by atoms with Crippen molar-refractivity contribution in [2.24, 2.45) is 0 Å². The first kappa shape index (κ1) is 26.1. The predicted molar refractivity (Wildman–Crippen MR) is 139 cm³/mol. The summed E-state index contributed by atoms with van der Waals surface area (Å²) in [7, 11) is -3.11. The number of sulfone groups is 1. The van der Waals surface area contributed by atoms with E-state index in [9.17, 15) is 8.42 Å². The van der Waals surface area contributed by atoms with Crippen molar-refractivity contribution >= 4 is 26.3 Å². The fraction of sp³-hybridized carbons (Fsp3) is 0.640. The number of rotatable bonds is 13. The molecule has 3 rings (SSSR count). The summed E-state index contributed by atoms with van der Waals surface area (Å²) < 4.78 is 23.1. The Balaban J connectivity index is 1.27. The van der Waals surface area contributed by atoms with Gasteiger partial charge in [-0.05, 0) is 89.7 Å². The third kappa shape index (κ3) is 8.05. The number of aryl methyl sites for hydroxylation is 1. The van der Waals surface area contributed by atoms with Gasteiger partial charge in [-0.3, -0.25) is 4.90 Å². The van der Waals surface area contributed by atoms with Crippen molar-refractivity contribution in [3.05, 3.63) is 40.4 Å². The Morgan fingerprint density at radius 1 is 1.15 bits per heavy atom. The molecule has 0 fully saturated rings. The maximum atomic E-state index is 11.5. The van der Waals surface area contributed by atoms with E-state index < -0.39 is 9.84 Å². The molecule has 0 radical (unpaired) electrons. The van der Waals surface area contributed by atoms with E-state index in [1.165, 1.54) is 61.0 Å². The molecule has 1 aromatic heterocycles. The number of thiazole rings is 1. The van der Waals surface area contributed by atoms with Gasteiger partial charge in [0.2, 0.25) is 0 Å². The van der Waals surface area contributed by atoms with Crippen molar-refractivity contribution in [3.63, 3.8) is 0 Å². The van der Waals surface area contributed by atoms with Gasteiger partial charge in [0.15, 0.2) is 15.0 Å². The molecule has 0 saturated heterocycles. The van der Waals surface area contributed by atoms with Crippen LogP contribution in [0.3, 0.4) is 0 Å². The van der Waals surface area contributed by atoms with Crippen LogP contribution >= 0.6 is 11.3 Å². The van der Waals surface area contributed by atoms with E-state index in [1.807, 2.05) is 12.1 Å². The molecule has 0 bridgehead atoms. The van der Waals surface area contributed by atoms with Crippen LogP contribution in [0.1, 0.15) is 62.1 Å². The summed E-state index contributed by atoms with van der Waals surface area (Å²) in [6.07, 6.45) is 10.5. The van der Waals surface area contributed by atoms with Crippen molar-refractivity contribution < 1.29 is 8.42 Å². The van der Waals surface area contributed by atoms with Gasteiger partial charge in [-0.15, -0.1) is 11.3 Å². The molecule has 0 aliphatic heterocycles. The maximum absolute atomic E-state index is 11.5. The third-order valence-corrected chi connectivity index (χ3v) is 8.60.